The summed E-state index contributed by atoms with van der Waals surface area (Å²) in [6.45, 7) is 5.33. The number of amides is 1. The molecule has 1 amide bonds. The summed E-state index contributed by atoms with van der Waals surface area (Å²) in [6.07, 6.45) is 6.38. The van der Waals surface area contributed by atoms with E-state index in [-0.39, 0.29) is 17.9 Å². The van der Waals surface area contributed by atoms with Gasteiger partial charge >= 0.3 is 12.1 Å². The number of ether oxygens (including phenoxy) is 1. The Labute approximate surface area is 107 Å². The van der Waals surface area contributed by atoms with Gasteiger partial charge in [0.25, 0.3) is 0 Å². The second-order valence-corrected chi connectivity index (χ2v) is 4.62. The summed E-state index contributed by atoms with van der Waals surface area (Å²) >= 11 is 0. The fraction of sp³-hybridized carbons (Fsp3) is 0.538. The topological polar surface area (TPSA) is 75.6 Å². The number of rotatable bonds is 4. The Morgan fingerprint density at radius 1 is 1.28 bits per heavy atom. The molecule has 0 spiro atoms. The van der Waals surface area contributed by atoms with Gasteiger partial charge in [-0.15, -0.1) is 0 Å². The van der Waals surface area contributed by atoms with Crippen LogP contribution in [0.3, 0.4) is 0 Å². The summed E-state index contributed by atoms with van der Waals surface area (Å²) in [6, 6.07) is -0.979. The fourth-order valence-corrected chi connectivity index (χ4v) is 1.85. The monoisotopic (exact) mass is 253 g/mol. The molecule has 3 atom stereocenters. The van der Waals surface area contributed by atoms with E-state index in [1.807, 2.05) is 19.1 Å². The predicted octanol–water partition coefficient (Wildman–Crippen LogP) is 1.95. The molecule has 0 radical (unpaired) electrons. The molecule has 0 heterocycles. The molecule has 0 aromatic heterocycles. The van der Waals surface area contributed by atoms with Gasteiger partial charge in [-0.1, -0.05) is 31.2 Å². The normalized spacial score (nSPS) is 23.8. The third-order valence-electron chi connectivity index (χ3n) is 2.73. The number of nitrogens with one attached hydrogen (secondary N) is 1. The molecule has 2 N–H and O–H groups in total. The second-order valence-electron chi connectivity index (χ2n) is 4.62. The van der Waals surface area contributed by atoms with Gasteiger partial charge in [0, 0.05) is 5.92 Å². The smallest absolute Gasteiger partial charge is 0.408 e. The summed E-state index contributed by atoms with van der Waals surface area (Å²) in [5, 5.41) is 11.6. The largest absolute Gasteiger partial charge is 0.480 e. The summed E-state index contributed by atoms with van der Waals surface area (Å²) in [4.78, 5) is 22.7. The zero-order valence-electron chi connectivity index (χ0n) is 10.8. The summed E-state index contributed by atoms with van der Waals surface area (Å²) in [7, 11) is 0. The summed E-state index contributed by atoms with van der Waals surface area (Å²) in [5.41, 5.74) is 0. The Hall–Kier alpha value is -1.78. The van der Waals surface area contributed by atoms with Crippen molar-refractivity contribution in [3.63, 3.8) is 0 Å². The van der Waals surface area contributed by atoms with Gasteiger partial charge in [-0.25, -0.2) is 9.59 Å². The van der Waals surface area contributed by atoms with Gasteiger partial charge in [-0.05, 0) is 19.8 Å². The Morgan fingerprint density at radius 3 is 2.39 bits per heavy atom. The Kier molecular flexibility index (Phi) is 4.95. The highest BCUT2D eigenvalue weighted by molar-refractivity contribution is 5.80. The Morgan fingerprint density at radius 2 is 1.89 bits per heavy atom. The maximum Gasteiger partial charge on any atom is 0.408 e. The molecule has 1 aliphatic rings. The summed E-state index contributed by atoms with van der Waals surface area (Å²) < 4.78 is 4.90. The van der Waals surface area contributed by atoms with E-state index in [4.69, 9.17) is 4.74 Å². The van der Waals surface area contributed by atoms with Crippen LogP contribution in [0.15, 0.2) is 24.3 Å². The van der Waals surface area contributed by atoms with Crippen molar-refractivity contribution in [1.82, 2.24) is 5.32 Å². The van der Waals surface area contributed by atoms with E-state index in [0.717, 1.165) is 0 Å². The zero-order chi connectivity index (χ0) is 13.7. The van der Waals surface area contributed by atoms with Crippen LogP contribution in [0.5, 0.6) is 0 Å². The molecular weight excluding hydrogens is 234 g/mol. The number of carboxylic acid groups (broad SMARTS) is 1. The molecule has 0 bridgehead atoms. The first-order chi connectivity index (χ1) is 8.41. The van der Waals surface area contributed by atoms with Crippen LogP contribution in [0.4, 0.5) is 4.79 Å². The van der Waals surface area contributed by atoms with Gasteiger partial charge in [0.05, 0.1) is 6.10 Å². The van der Waals surface area contributed by atoms with Gasteiger partial charge in [0.15, 0.2) is 0 Å². The van der Waals surface area contributed by atoms with Crippen molar-refractivity contribution < 1.29 is 19.4 Å². The Balaban J connectivity index is 2.71. The molecule has 5 heteroatoms. The van der Waals surface area contributed by atoms with Crippen LogP contribution >= 0.6 is 0 Å². The number of aliphatic carboxylic acids is 1. The molecule has 0 aromatic rings. The average molecular weight is 253 g/mol. The van der Waals surface area contributed by atoms with Crippen LogP contribution in [-0.4, -0.2) is 29.3 Å². The number of carbonyl (C=O) groups is 2. The van der Waals surface area contributed by atoms with E-state index in [1.54, 1.807) is 26.0 Å². The average Bonchev–Trinajstić information content (AvgIpc) is 2.25. The van der Waals surface area contributed by atoms with Crippen LogP contribution < -0.4 is 5.32 Å². The van der Waals surface area contributed by atoms with Crippen molar-refractivity contribution in [1.29, 1.82) is 0 Å². The van der Waals surface area contributed by atoms with Crippen LogP contribution in [-0.2, 0) is 9.53 Å². The molecule has 0 saturated heterocycles. The lowest BCUT2D eigenvalue weighted by Gasteiger charge is -2.27. The molecule has 0 aromatic carbocycles. The van der Waals surface area contributed by atoms with Gasteiger partial charge in [-0.3, -0.25) is 0 Å². The van der Waals surface area contributed by atoms with E-state index in [9.17, 15) is 14.7 Å². The summed E-state index contributed by atoms with van der Waals surface area (Å²) in [5.74, 6) is -1.28. The lowest BCUT2D eigenvalue weighted by molar-refractivity contribution is -0.140. The molecular formula is C13H19NO4. The van der Waals surface area contributed by atoms with Crippen molar-refractivity contribution in [2.24, 2.45) is 11.8 Å². The van der Waals surface area contributed by atoms with Crippen LogP contribution in [0.1, 0.15) is 20.8 Å². The molecule has 100 valence electrons. The third kappa shape index (κ3) is 3.91. The van der Waals surface area contributed by atoms with E-state index >= 15 is 0 Å². The lowest BCUT2D eigenvalue weighted by atomic mass is 9.84. The SMILES string of the molecule is CC(C)OC(=O)N[C@@H](C(=O)O)C1C=CC=CC1C. The third-order valence-corrected chi connectivity index (χ3v) is 2.73. The van der Waals surface area contributed by atoms with Crippen molar-refractivity contribution in [3.8, 4) is 0 Å². The predicted molar refractivity (Wildman–Crippen MR) is 67.1 cm³/mol. The first-order valence-electron chi connectivity index (χ1n) is 5.96. The first kappa shape index (κ1) is 14.3. The van der Waals surface area contributed by atoms with Gasteiger partial charge in [0.1, 0.15) is 6.04 Å². The van der Waals surface area contributed by atoms with Crippen molar-refractivity contribution >= 4 is 12.1 Å². The van der Waals surface area contributed by atoms with E-state index in [1.165, 1.54) is 0 Å². The minimum Gasteiger partial charge on any atom is -0.480 e. The van der Waals surface area contributed by atoms with Gasteiger partial charge < -0.3 is 15.2 Å². The van der Waals surface area contributed by atoms with Crippen molar-refractivity contribution in [3.05, 3.63) is 24.3 Å². The molecule has 0 saturated carbocycles. The molecule has 1 rings (SSSR count). The molecule has 18 heavy (non-hydrogen) atoms. The molecule has 2 unspecified atom stereocenters. The maximum absolute atomic E-state index is 11.5. The minimum atomic E-state index is -1.06. The molecule has 0 fully saturated rings. The van der Waals surface area contributed by atoms with Crippen LogP contribution in [0.25, 0.3) is 0 Å². The quantitative estimate of drug-likeness (QED) is 0.803. The van der Waals surface area contributed by atoms with Crippen LogP contribution in [0, 0.1) is 11.8 Å². The van der Waals surface area contributed by atoms with E-state index in [0.29, 0.717) is 0 Å². The number of allylic oxidation sites excluding steroid dienone is 3. The fourth-order valence-electron chi connectivity index (χ4n) is 1.85. The Bertz CT molecular complexity index is 373. The standard InChI is InChI=1S/C13H19NO4/c1-8(2)18-13(17)14-11(12(15)16)10-7-5-4-6-9(10)3/h4-11H,1-3H3,(H,14,17)(H,15,16)/t9?,10?,11-/m1/s1. The van der Waals surface area contributed by atoms with E-state index < -0.39 is 18.1 Å². The number of carboxylic acids is 1. The number of carbonyl (C=O) groups excluding carboxylic acids is 1. The highest BCUT2D eigenvalue weighted by Gasteiger charge is 2.32. The molecule has 1 aliphatic carbocycles. The number of hydrogen-bond acceptors (Lipinski definition) is 3. The first-order valence-corrected chi connectivity index (χ1v) is 5.96. The lowest BCUT2D eigenvalue weighted by Crippen LogP contribution is -2.48. The maximum atomic E-state index is 11.5. The van der Waals surface area contributed by atoms with Gasteiger partial charge in [-0.2, -0.15) is 0 Å². The number of hydrogen-bond donors (Lipinski definition) is 2. The highest BCUT2D eigenvalue weighted by Crippen LogP contribution is 2.23. The minimum absolute atomic E-state index is 0.0513. The van der Waals surface area contributed by atoms with Crippen molar-refractivity contribution in [2.75, 3.05) is 0 Å². The van der Waals surface area contributed by atoms with Crippen LogP contribution in [0.2, 0.25) is 0 Å². The molecule has 5 nitrogen and oxygen atoms in total. The zero-order valence-corrected chi connectivity index (χ0v) is 10.8. The number of alkyl carbamates (subject to hydrolysis) is 1. The van der Waals surface area contributed by atoms with Gasteiger partial charge in [0.2, 0.25) is 0 Å². The highest BCUT2D eigenvalue weighted by atomic mass is 16.6. The molecule has 0 aliphatic heterocycles. The second kappa shape index (κ2) is 6.23. The van der Waals surface area contributed by atoms with E-state index in [2.05, 4.69) is 5.32 Å². The van der Waals surface area contributed by atoms with Crippen molar-refractivity contribution in [2.45, 2.75) is 32.9 Å².